The molecule has 2 aliphatic heterocycles. The molecular formula is C14H24N2O3. The summed E-state index contributed by atoms with van der Waals surface area (Å²) in [6.45, 7) is 2.29. The van der Waals surface area contributed by atoms with Crippen LogP contribution in [0.1, 0.15) is 32.1 Å². The van der Waals surface area contributed by atoms with Gasteiger partial charge in [-0.3, -0.25) is 4.79 Å². The molecule has 3 N–H and O–H groups in total. The molecule has 0 aromatic carbocycles. The number of likely N-dealkylation sites (tertiary alicyclic amines) is 1. The normalized spacial score (nSPS) is 43.1. The van der Waals surface area contributed by atoms with Gasteiger partial charge in [-0.1, -0.05) is 12.8 Å². The van der Waals surface area contributed by atoms with E-state index in [1.54, 1.807) is 0 Å². The van der Waals surface area contributed by atoms with Crippen LogP contribution in [0, 0.1) is 11.8 Å². The number of hydrogen-bond acceptors (Lipinski definition) is 4. The summed E-state index contributed by atoms with van der Waals surface area (Å²) >= 11 is 0. The number of rotatable bonds is 1. The summed E-state index contributed by atoms with van der Waals surface area (Å²) in [6.07, 6.45) is 4.93. The Morgan fingerprint density at radius 2 is 2.16 bits per heavy atom. The number of aliphatic hydroxyl groups is 1. The molecule has 1 aliphatic carbocycles. The topological polar surface area (TPSA) is 75.8 Å². The van der Waals surface area contributed by atoms with Gasteiger partial charge < -0.3 is 20.5 Å². The molecule has 0 aromatic rings. The lowest BCUT2D eigenvalue weighted by atomic mass is 9.71. The van der Waals surface area contributed by atoms with Crippen LogP contribution >= 0.6 is 0 Å². The summed E-state index contributed by atoms with van der Waals surface area (Å²) in [5.41, 5.74) is 5.40. The highest BCUT2D eigenvalue weighted by Gasteiger charge is 2.45. The second-order valence-electron chi connectivity index (χ2n) is 6.39. The number of carbonyl (C=O) groups is 1. The molecular weight excluding hydrogens is 244 g/mol. The predicted molar refractivity (Wildman–Crippen MR) is 70.4 cm³/mol. The second kappa shape index (κ2) is 5.04. The minimum atomic E-state index is -0.524. The van der Waals surface area contributed by atoms with Crippen LogP contribution < -0.4 is 5.73 Å². The SMILES string of the molecule is NC1COCC1C(=O)N1CCC2(O)CCCCC2C1. The lowest BCUT2D eigenvalue weighted by Gasteiger charge is -2.47. The Bertz CT molecular complexity index is 363. The molecule has 5 nitrogen and oxygen atoms in total. The standard InChI is InChI=1S/C14H24N2O3/c15-12-9-19-8-11(12)13(17)16-6-5-14(18)4-2-1-3-10(14)7-16/h10-12,18H,1-9,15H2. The van der Waals surface area contributed by atoms with Gasteiger partial charge in [-0.25, -0.2) is 0 Å². The van der Waals surface area contributed by atoms with Crippen molar-refractivity contribution in [3.8, 4) is 0 Å². The van der Waals surface area contributed by atoms with Gasteiger partial charge in [-0.15, -0.1) is 0 Å². The summed E-state index contributed by atoms with van der Waals surface area (Å²) in [5.74, 6) is 0.185. The van der Waals surface area contributed by atoms with Gasteiger partial charge in [0.05, 0.1) is 24.7 Å². The van der Waals surface area contributed by atoms with Crippen molar-refractivity contribution in [3.63, 3.8) is 0 Å². The fourth-order valence-electron chi connectivity index (χ4n) is 3.83. The molecule has 1 saturated carbocycles. The Balaban J connectivity index is 1.65. The molecule has 5 heteroatoms. The van der Waals surface area contributed by atoms with E-state index in [2.05, 4.69) is 0 Å². The zero-order valence-electron chi connectivity index (χ0n) is 11.4. The van der Waals surface area contributed by atoms with Crippen molar-refractivity contribution in [3.05, 3.63) is 0 Å². The summed E-state index contributed by atoms with van der Waals surface area (Å²) in [4.78, 5) is 14.4. The average Bonchev–Trinajstić information content (AvgIpc) is 2.83. The molecule has 2 heterocycles. The molecule has 1 amide bonds. The number of ether oxygens (including phenoxy) is 1. The van der Waals surface area contributed by atoms with Crippen LogP contribution in [0.2, 0.25) is 0 Å². The molecule has 0 radical (unpaired) electrons. The molecule has 3 fully saturated rings. The van der Waals surface area contributed by atoms with E-state index in [0.29, 0.717) is 32.7 Å². The lowest BCUT2D eigenvalue weighted by Crippen LogP contribution is -2.56. The second-order valence-corrected chi connectivity index (χ2v) is 6.39. The van der Waals surface area contributed by atoms with Crippen molar-refractivity contribution in [2.75, 3.05) is 26.3 Å². The van der Waals surface area contributed by atoms with Gasteiger partial charge in [0.2, 0.25) is 5.91 Å². The number of nitrogens with zero attached hydrogens (tertiary/aromatic N) is 1. The van der Waals surface area contributed by atoms with Crippen molar-refractivity contribution >= 4 is 5.91 Å². The van der Waals surface area contributed by atoms with Crippen LogP contribution in [0.5, 0.6) is 0 Å². The quantitative estimate of drug-likeness (QED) is 0.708. The van der Waals surface area contributed by atoms with E-state index in [1.807, 2.05) is 4.90 Å². The Morgan fingerprint density at radius 1 is 1.32 bits per heavy atom. The third-order valence-corrected chi connectivity index (χ3v) is 5.18. The van der Waals surface area contributed by atoms with Crippen molar-refractivity contribution in [2.45, 2.75) is 43.7 Å². The lowest BCUT2D eigenvalue weighted by molar-refractivity contribution is -0.147. The molecule has 3 rings (SSSR count). The maximum Gasteiger partial charge on any atom is 0.229 e. The molecule has 4 atom stereocenters. The van der Waals surface area contributed by atoms with Crippen LogP contribution in [-0.2, 0) is 9.53 Å². The first-order chi connectivity index (χ1) is 9.10. The first kappa shape index (κ1) is 13.3. The van der Waals surface area contributed by atoms with Crippen molar-refractivity contribution in [1.82, 2.24) is 4.90 Å². The van der Waals surface area contributed by atoms with E-state index in [0.717, 1.165) is 19.3 Å². The van der Waals surface area contributed by atoms with E-state index >= 15 is 0 Å². The third-order valence-electron chi connectivity index (χ3n) is 5.18. The van der Waals surface area contributed by atoms with Gasteiger partial charge in [0.15, 0.2) is 0 Å². The monoisotopic (exact) mass is 268 g/mol. The Labute approximate surface area is 114 Å². The highest BCUT2D eigenvalue weighted by molar-refractivity contribution is 5.80. The fraction of sp³-hybridized carbons (Fsp3) is 0.929. The van der Waals surface area contributed by atoms with Crippen molar-refractivity contribution in [1.29, 1.82) is 0 Å². The minimum absolute atomic E-state index is 0.123. The summed E-state index contributed by atoms with van der Waals surface area (Å²) in [5, 5.41) is 10.6. The summed E-state index contributed by atoms with van der Waals surface area (Å²) in [6, 6.07) is -0.167. The molecule has 0 bridgehead atoms. The van der Waals surface area contributed by atoms with Gasteiger partial charge in [0.25, 0.3) is 0 Å². The number of hydrogen-bond donors (Lipinski definition) is 2. The van der Waals surface area contributed by atoms with Crippen LogP contribution in [0.3, 0.4) is 0 Å². The van der Waals surface area contributed by atoms with Crippen molar-refractivity contribution < 1.29 is 14.6 Å². The largest absolute Gasteiger partial charge is 0.389 e. The first-order valence-corrected chi connectivity index (χ1v) is 7.45. The van der Waals surface area contributed by atoms with E-state index < -0.39 is 5.60 Å². The van der Waals surface area contributed by atoms with Crippen molar-refractivity contribution in [2.24, 2.45) is 17.6 Å². The highest BCUT2D eigenvalue weighted by Crippen LogP contribution is 2.40. The van der Waals surface area contributed by atoms with Gasteiger partial charge in [-0.05, 0) is 19.3 Å². The summed E-state index contributed by atoms with van der Waals surface area (Å²) < 4.78 is 5.29. The van der Waals surface area contributed by atoms with E-state index in [4.69, 9.17) is 10.5 Å². The number of piperidine rings is 1. The molecule has 2 saturated heterocycles. The van der Waals surface area contributed by atoms with E-state index in [-0.39, 0.29) is 23.8 Å². The fourth-order valence-corrected chi connectivity index (χ4v) is 3.83. The molecule has 4 unspecified atom stereocenters. The summed E-state index contributed by atoms with van der Waals surface area (Å²) in [7, 11) is 0. The maximum atomic E-state index is 12.5. The molecule has 3 aliphatic rings. The number of carbonyl (C=O) groups excluding carboxylic acids is 1. The smallest absolute Gasteiger partial charge is 0.229 e. The van der Waals surface area contributed by atoms with Gasteiger partial charge >= 0.3 is 0 Å². The number of nitrogens with two attached hydrogens (primary N) is 1. The maximum absolute atomic E-state index is 12.5. The van der Waals surface area contributed by atoms with Gasteiger partial charge in [0.1, 0.15) is 0 Å². The molecule has 19 heavy (non-hydrogen) atoms. The molecule has 0 aromatic heterocycles. The number of amides is 1. The average molecular weight is 268 g/mol. The van der Waals surface area contributed by atoms with E-state index in [9.17, 15) is 9.90 Å². The molecule has 108 valence electrons. The predicted octanol–water partition coefficient (Wildman–Crippen LogP) is 0.114. The molecule has 0 spiro atoms. The van der Waals surface area contributed by atoms with Crippen LogP contribution in [0.15, 0.2) is 0 Å². The van der Waals surface area contributed by atoms with Crippen LogP contribution in [-0.4, -0.2) is 53.9 Å². The van der Waals surface area contributed by atoms with Gasteiger partial charge in [-0.2, -0.15) is 0 Å². The first-order valence-electron chi connectivity index (χ1n) is 7.45. The third kappa shape index (κ3) is 2.39. The Kier molecular flexibility index (Phi) is 3.53. The number of fused-ring (bicyclic) bond motifs is 1. The zero-order valence-corrected chi connectivity index (χ0v) is 11.4. The Hall–Kier alpha value is -0.650. The van der Waals surface area contributed by atoms with Crippen LogP contribution in [0.4, 0.5) is 0 Å². The van der Waals surface area contributed by atoms with Gasteiger partial charge in [0, 0.05) is 25.0 Å². The zero-order chi connectivity index (χ0) is 13.5. The van der Waals surface area contributed by atoms with E-state index in [1.165, 1.54) is 6.42 Å². The Morgan fingerprint density at radius 3 is 2.89 bits per heavy atom. The highest BCUT2D eigenvalue weighted by atomic mass is 16.5. The minimum Gasteiger partial charge on any atom is -0.389 e. The van der Waals surface area contributed by atoms with Crippen LogP contribution in [0.25, 0.3) is 0 Å².